The molecule has 0 radical (unpaired) electrons. The van der Waals surface area contributed by atoms with Gasteiger partial charge in [0, 0.05) is 27.9 Å². The molecule has 0 aliphatic heterocycles. The van der Waals surface area contributed by atoms with Crippen molar-refractivity contribution in [3.05, 3.63) is 97.3 Å². The summed E-state index contributed by atoms with van der Waals surface area (Å²) in [5.41, 5.74) is 1.99. The van der Waals surface area contributed by atoms with Gasteiger partial charge in [-0.2, -0.15) is 5.10 Å². The number of anilines is 2. The lowest BCUT2D eigenvalue weighted by molar-refractivity contribution is 0.101. The second-order valence-corrected chi connectivity index (χ2v) is 9.53. The van der Waals surface area contributed by atoms with Gasteiger partial charge in [0.25, 0.3) is 5.91 Å². The smallest absolute Gasteiger partial charge is 0.412 e. The van der Waals surface area contributed by atoms with E-state index >= 15 is 0 Å². The highest BCUT2D eigenvalue weighted by molar-refractivity contribution is 9.10. The number of aromatic nitrogens is 3. The summed E-state index contributed by atoms with van der Waals surface area (Å²) in [6.45, 7) is 1.70. The summed E-state index contributed by atoms with van der Waals surface area (Å²) in [4.78, 5) is 30.1. The van der Waals surface area contributed by atoms with Crippen molar-refractivity contribution in [1.82, 2.24) is 14.8 Å². The summed E-state index contributed by atoms with van der Waals surface area (Å²) in [6.07, 6.45) is 0.790. The number of ether oxygens (including phenoxy) is 1. The van der Waals surface area contributed by atoms with Gasteiger partial charge in [0.15, 0.2) is 5.82 Å². The van der Waals surface area contributed by atoms with Crippen LogP contribution in [0.25, 0.3) is 5.82 Å². The van der Waals surface area contributed by atoms with Crippen molar-refractivity contribution in [1.29, 1.82) is 0 Å². The van der Waals surface area contributed by atoms with Crippen molar-refractivity contribution in [3.63, 3.8) is 0 Å². The van der Waals surface area contributed by atoms with Crippen molar-refractivity contribution in [2.75, 3.05) is 10.6 Å². The van der Waals surface area contributed by atoms with Gasteiger partial charge in [-0.3, -0.25) is 10.1 Å². The lowest BCUT2D eigenvalue weighted by Gasteiger charge is -2.16. The topological polar surface area (TPSA) is 98.1 Å². The molecule has 4 rings (SSSR count). The lowest BCUT2D eigenvalue weighted by atomic mass is 10.1. The van der Waals surface area contributed by atoms with Crippen LogP contribution in [0.15, 0.2) is 65.4 Å². The average Bonchev–Trinajstić information content (AvgIpc) is 3.22. The molecule has 4 aromatic rings. The summed E-state index contributed by atoms with van der Waals surface area (Å²) in [7, 11) is 0. The van der Waals surface area contributed by atoms with Crippen LogP contribution in [0.5, 0.6) is 0 Å². The number of benzene rings is 2. The van der Waals surface area contributed by atoms with E-state index in [4.69, 9.17) is 39.5 Å². The predicted molar refractivity (Wildman–Crippen MR) is 143 cm³/mol. The molecule has 36 heavy (non-hydrogen) atoms. The molecule has 0 atom stereocenters. The molecule has 0 unspecified atom stereocenters. The number of carbonyl (C=O) groups excluding carboxylic acids is 2. The van der Waals surface area contributed by atoms with E-state index in [2.05, 4.69) is 36.6 Å². The Morgan fingerprint density at radius 2 is 1.78 bits per heavy atom. The van der Waals surface area contributed by atoms with E-state index < -0.39 is 12.0 Å². The Morgan fingerprint density at radius 3 is 2.53 bits per heavy atom. The number of hydrogen-bond acceptors (Lipinski definition) is 5. The molecule has 8 nitrogen and oxygen atoms in total. The standard InChI is InChI=1S/C24H17BrCl3N5O3/c1-13-9-15(26)10-18(30-24(35)36-12-14-5-2-3-6-16(14)27)21(13)31-23(34)19-11-20(25)32-33(19)22-17(28)7-4-8-29-22/h2-11H,12H2,1H3,(H,30,35)(H,31,34). The quantitative estimate of drug-likeness (QED) is 0.239. The lowest BCUT2D eigenvalue weighted by Crippen LogP contribution is -2.21. The Bertz CT molecular complexity index is 1460. The van der Waals surface area contributed by atoms with E-state index in [1.807, 2.05) is 0 Å². The first-order valence-corrected chi connectivity index (χ1v) is 12.3. The van der Waals surface area contributed by atoms with Gasteiger partial charge in [-0.1, -0.05) is 53.0 Å². The van der Waals surface area contributed by atoms with Crippen molar-refractivity contribution in [3.8, 4) is 5.82 Å². The molecule has 184 valence electrons. The van der Waals surface area contributed by atoms with Crippen LogP contribution in [-0.2, 0) is 11.3 Å². The van der Waals surface area contributed by atoms with Crippen molar-refractivity contribution < 1.29 is 14.3 Å². The zero-order valence-corrected chi connectivity index (χ0v) is 22.4. The molecule has 2 amide bonds. The molecule has 2 aromatic carbocycles. The monoisotopic (exact) mass is 607 g/mol. The van der Waals surface area contributed by atoms with Crippen LogP contribution in [0.1, 0.15) is 21.6 Å². The van der Waals surface area contributed by atoms with Crippen LogP contribution >= 0.6 is 50.7 Å². The molecule has 0 fully saturated rings. The molecule has 2 heterocycles. The number of carbonyl (C=O) groups is 2. The number of hydrogen-bond donors (Lipinski definition) is 2. The molecular weight excluding hydrogens is 593 g/mol. The maximum atomic E-state index is 13.3. The third-order valence-corrected chi connectivity index (χ3v) is 6.21. The second kappa shape index (κ2) is 11.3. The number of nitrogens with zero attached hydrogens (tertiary/aromatic N) is 3. The maximum Gasteiger partial charge on any atom is 0.412 e. The SMILES string of the molecule is Cc1cc(Cl)cc(NC(=O)OCc2ccccc2Cl)c1NC(=O)c1cc(Br)nn1-c1ncccc1Cl. The van der Waals surface area contributed by atoms with E-state index in [0.717, 1.165) is 0 Å². The number of aryl methyl sites for hydroxylation is 1. The van der Waals surface area contributed by atoms with Gasteiger partial charge in [-0.15, -0.1) is 0 Å². The average molecular weight is 610 g/mol. The van der Waals surface area contributed by atoms with Crippen LogP contribution in [0.3, 0.4) is 0 Å². The highest BCUT2D eigenvalue weighted by Gasteiger charge is 2.21. The van der Waals surface area contributed by atoms with Crippen molar-refractivity contribution in [2.45, 2.75) is 13.5 Å². The molecule has 0 saturated carbocycles. The van der Waals surface area contributed by atoms with Gasteiger partial charge in [-0.05, 0) is 58.7 Å². The first-order valence-electron chi connectivity index (χ1n) is 10.4. The molecule has 2 aromatic heterocycles. The first kappa shape index (κ1) is 26.0. The molecule has 0 saturated heterocycles. The summed E-state index contributed by atoms with van der Waals surface area (Å²) < 4.78 is 7.02. The van der Waals surface area contributed by atoms with Gasteiger partial charge in [0.2, 0.25) is 0 Å². The number of halogens is 4. The Kier molecular flexibility index (Phi) is 8.15. The van der Waals surface area contributed by atoms with Gasteiger partial charge < -0.3 is 10.1 Å². The van der Waals surface area contributed by atoms with Gasteiger partial charge in [0.1, 0.15) is 16.9 Å². The molecule has 12 heteroatoms. The van der Waals surface area contributed by atoms with E-state index in [0.29, 0.717) is 36.5 Å². The third kappa shape index (κ3) is 5.99. The zero-order chi connectivity index (χ0) is 25.8. The first-order chi connectivity index (χ1) is 17.2. The van der Waals surface area contributed by atoms with Crippen LogP contribution in [-0.4, -0.2) is 26.8 Å². The maximum absolute atomic E-state index is 13.3. The van der Waals surface area contributed by atoms with Crippen LogP contribution in [0, 0.1) is 6.92 Å². The minimum Gasteiger partial charge on any atom is -0.444 e. The molecule has 0 aliphatic carbocycles. The molecule has 0 spiro atoms. The van der Waals surface area contributed by atoms with Crippen LogP contribution in [0.4, 0.5) is 16.2 Å². The fourth-order valence-corrected chi connectivity index (χ4v) is 4.34. The largest absolute Gasteiger partial charge is 0.444 e. The Hall–Kier alpha value is -3.11. The van der Waals surface area contributed by atoms with E-state index in [1.165, 1.54) is 23.0 Å². The Balaban J connectivity index is 1.58. The van der Waals surface area contributed by atoms with E-state index in [-0.39, 0.29) is 23.8 Å². The number of amides is 2. The third-order valence-electron chi connectivity index (χ3n) is 4.94. The number of pyridine rings is 1. The highest BCUT2D eigenvalue weighted by atomic mass is 79.9. The summed E-state index contributed by atoms with van der Waals surface area (Å²) >= 11 is 21.9. The fraction of sp³-hybridized carbons (Fsp3) is 0.0833. The zero-order valence-electron chi connectivity index (χ0n) is 18.6. The second-order valence-electron chi connectivity index (χ2n) is 7.46. The van der Waals surface area contributed by atoms with Crippen molar-refractivity contribution >= 4 is 74.1 Å². The Morgan fingerprint density at radius 1 is 1.03 bits per heavy atom. The van der Waals surface area contributed by atoms with E-state index in [1.54, 1.807) is 49.4 Å². The number of rotatable bonds is 6. The molecule has 0 aliphatic rings. The van der Waals surface area contributed by atoms with Gasteiger partial charge in [-0.25, -0.2) is 14.5 Å². The summed E-state index contributed by atoms with van der Waals surface area (Å²) in [5.74, 6) is -0.239. The molecule has 0 bridgehead atoms. The minimum atomic E-state index is -0.750. The van der Waals surface area contributed by atoms with E-state index in [9.17, 15) is 9.59 Å². The minimum absolute atomic E-state index is 0.0369. The summed E-state index contributed by atoms with van der Waals surface area (Å²) in [5, 5.41) is 10.9. The molecule has 2 N–H and O–H groups in total. The number of nitrogens with one attached hydrogen (secondary N) is 2. The van der Waals surface area contributed by atoms with Gasteiger partial charge >= 0.3 is 6.09 Å². The molecular formula is C24H17BrCl3N5O3. The highest BCUT2D eigenvalue weighted by Crippen LogP contribution is 2.31. The van der Waals surface area contributed by atoms with Gasteiger partial charge in [0.05, 0.1) is 16.4 Å². The van der Waals surface area contributed by atoms with Crippen LogP contribution in [0.2, 0.25) is 15.1 Å². The fourth-order valence-electron chi connectivity index (χ4n) is 3.30. The predicted octanol–water partition coefficient (Wildman–Crippen LogP) is 7.30. The van der Waals surface area contributed by atoms with Crippen molar-refractivity contribution in [2.24, 2.45) is 0 Å². The normalized spacial score (nSPS) is 10.7. The summed E-state index contributed by atoms with van der Waals surface area (Å²) in [6, 6.07) is 15.0. The Labute approximate surface area is 229 Å². The van der Waals surface area contributed by atoms with Crippen LogP contribution < -0.4 is 10.6 Å².